The van der Waals surface area contributed by atoms with Crippen molar-refractivity contribution >= 4 is 34.2 Å². The Kier molecular flexibility index (Phi) is 6.68. The Labute approximate surface area is 248 Å². The Balaban J connectivity index is 1.14. The van der Waals surface area contributed by atoms with Crippen molar-refractivity contribution in [3.63, 3.8) is 0 Å². The first-order valence-electron chi connectivity index (χ1n) is 14.2. The van der Waals surface area contributed by atoms with E-state index >= 15 is 0 Å². The van der Waals surface area contributed by atoms with Crippen molar-refractivity contribution in [1.82, 2.24) is 19.4 Å². The number of pyridine rings is 1. The van der Waals surface area contributed by atoms with Gasteiger partial charge in [0.15, 0.2) is 11.5 Å². The number of para-hydroxylation sites is 1. The fourth-order valence-corrected chi connectivity index (χ4v) is 6.10. The first kappa shape index (κ1) is 26.9. The van der Waals surface area contributed by atoms with Gasteiger partial charge in [0.2, 0.25) is 0 Å². The van der Waals surface area contributed by atoms with Crippen LogP contribution in [0.25, 0.3) is 16.6 Å². The van der Waals surface area contributed by atoms with Gasteiger partial charge in [-0.2, -0.15) is 0 Å². The van der Waals surface area contributed by atoms with E-state index in [4.69, 9.17) is 30.8 Å². The number of halogens is 1. The molecular weight excluding hydrogens is 556 g/mol. The maximum Gasteiger partial charge on any atom is 0.335 e. The number of hydrogen-bond donors (Lipinski definition) is 1. The summed E-state index contributed by atoms with van der Waals surface area (Å²) in [6.45, 7) is 7.01. The monoisotopic (exact) mass is 586 g/mol. The minimum absolute atomic E-state index is 0.0175. The summed E-state index contributed by atoms with van der Waals surface area (Å²) in [5, 5.41) is 10.1. The predicted octanol–water partition coefficient (Wildman–Crippen LogP) is 6.07. The maximum atomic E-state index is 11.7. The molecule has 0 saturated carbocycles. The van der Waals surface area contributed by atoms with Crippen LogP contribution < -0.4 is 9.47 Å². The van der Waals surface area contributed by atoms with E-state index in [9.17, 15) is 9.90 Å². The van der Waals surface area contributed by atoms with Gasteiger partial charge in [-0.1, -0.05) is 29.8 Å². The number of imidazole rings is 1. The highest BCUT2D eigenvalue weighted by Crippen LogP contribution is 2.48. The van der Waals surface area contributed by atoms with Crippen LogP contribution in [0.2, 0.25) is 5.02 Å². The lowest BCUT2D eigenvalue weighted by Gasteiger charge is -2.33. The number of ether oxygens (including phenoxy) is 3. The molecule has 4 aromatic rings. The fraction of sp³-hybridized carbons (Fsp3) is 0.344. The number of carboxylic acid groups (broad SMARTS) is 1. The number of hydrogen-bond acceptors (Lipinski definition) is 7. The van der Waals surface area contributed by atoms with Crippen molar-refractivity contribution in [3.8, 4) is 11.5 Å². The molecule has 1 N–H and O–H groups in total. The SMILES string of the molecule is CC(c1nc2ccc(C(=O)O)cc2n1C[C@@H]1CCO1)N1CC=C(c2cccc3c2O[C@](C)(c2ccc(Cl)cn2)O3)CC1. The molecule has 0 amide bonds. The maximum absolute atomic E-state index is 11.7. The molecule has 1 saturated heterocycles. The lowest BCUT2D eigenvalue weighted by atomic mass is 9.97. The lowest BCUT2D eigenvalue weighted by molar-refractivity contribution is -0.0718. The van der Waals surface area contributed by atoms with Gasteiger partial charge >= 0.3 is 5.97 Å². The summed E-state index contributed by atoms with van der Waals surface area (Å²) in [5.74, 6) is 0.350. The van der Waals surface area contributed by atoms with E-state index < -0.39 is 11.8 Å². The third kappa shape index (κ3) is 4.71. The molecule has 2 aromatic heterocycles. The second-order valence-corrected chi connectivity index (χ2v) is 11.6. The first-order valence-corrected chi connectivity index (χ1v) is 14.6. The number of fused-ring (bicyclic) bond motifs is 2. The summed E-state index contributed by atoms with van der Waals surface area (Å²) in [4.78, 5) is 23.5. The molecule has 9 nitrogen and oxygen atoms in total. The molecule has 42 heavy (non-hydrogen) atoms. The Morgan fingerprint density at radius 3 is 2.76 bits per heavy atom. The van der Waals surface area contributed by atoms with Crippen LogP contribution in [-0.4, -0.2) is 56.3 Å². The molecule has 216 valence electrons. The Morgan fingerprint density at radius 1 is 1.21 bits per heavy atom. The Morgan fingerprint density at radius 2 is 2.07 bits per heavy atom. The zero-order valence-corrected chi connectivity index (χ0v) is 24.2. The lowest BCUT2D eigenvalue weighted by Crippen LogP contribution is -2.35. The van der Waals surface area contributed by atoms with E-state index in [2.05, 4.69) is 33.5 Å². The van der Waals surface area contributed by atoms with Crippen molar-refractivity contribution < 1.29 is 24.1 Å². The van der Waals surface area contributed by atoms with Gasteiger partial charge in [-0.3, -0.25) is 9.88 Å². The normalized spacial score (nSPS) is 22.5. The van der Waals surface area contributed by atoms with Crippen LogP contribution in [0.5, 0.6) is 11.5 Å². The van der Waals surface area contributed by atoms with Gasteiger partial charge in [0.1, 0.15) is 11.5 Å². The summed E-state index contributed by atoms with van der Waals surface area (Å²) in [6.07, 6.45) is 5.78. The number of carboxylic acids is 1. The molecule has 10 heteroatoms. The van der Waals surface area contributed by atoms with Crippen LogP contribution in [0.15, 0.2) is 60.8 Å². The van der Waals surface area contributed by atoms with Crippen molar-refractivity contribution in [2.75, 3.05) is 19.7 Å². The van der Waals surface area contributed by atoms with Crippen LogP contribution in [0, 0.1) is 0 Å². The molecule has 0 bridgehead atoms. The largest absolute Gasteiger partial charge is 0.478 e. The Bertz CT molecular complexity index is 1710. The molecule has 3 atom stereocenters. The molecule has 3 aliphatic rings. The van der Waals surface area contributed by atoms with Gasteiger partial charge in [-0.15, -0.1) is 0 Å². The first-order chi connectivity index (χ1) is 20.3. The minimum atomic E-state index is -1.04. The second-order valence-electron chi connectivity index (χ2n) is 11.2. The van der Waals surface area contributed by atoms with Crippen LogP contribution in [0.4, 0.5) is 0 Å². The van der Waals surface area contributed by atoms with Crippen LogP contribution in [-0.2, 0) is 17.1 Å². The third-order valence-corrected chi connectivity index (χ3v) is 8.71. The number of carbonyl (C=O) groups is 1. The van der Waals surface area contributed by atoms with E-state index in [-0.39, 0.29) is 17.7 Å². The summed E-state index contributed by atoms with van der Waals surface area (Å²) in [6, 6.07) is 14.7. The molecule has 3 aliphatic heterocycles. The van der Waals surface area contributed by atoms with E-state index in [1.807, 2.05) is 25.1 Å². The number of aromatic nitrogens is 3. The van der Waals surface area contributed by atoms with E-state index in [0.29, 0.717) is 23.0 Å². The predicted molar refractivity (Wildman–Crippen MR) is 158 cm³/mol. The van der Waals surface area contributed by atoms with Gasteiger partial charge in [-0.25, -0.2) is 9.78 Å². The summed E-state index contributed by atoms with van der Waals surface area (Å²) < 4.78 is 20.6. The number of aromatic carboxylic acids is 1. The van der Waals surface area contributed by atoms with Crippen molar-refractivity contribution in [2.45, 2.75) is 51.2 Å². The van der Waals surface area contributed by atoms with Crippen LogP contribution in [0.1, 0.15) is 60.2 Å². The molecular formula is C32H31ClN4O5. The molecule has 1 unspecified atom stereocenters. The minimum Gasteiger partial charge on any atom is -0.478 e. The van der Waals surface area contributed by atoms with Crippen molar-refractivity contribution in [1.29, 1.82) is 0 Å². The van der Waals surface area contributed by atoms with Gasteiger partial charge in [0, 0.05) is 38.4 Å². The van der Waals surface area contributed by atoms with Crippen molar-refractivity contribution in [3.05, 3.63) is 88.5 Å². The molecule has 5 heterocycles. The van der Waals surface area contributed by atoms with E-state index in [1.165, 1.54) is 5.57 Å². The highest BCUT2D eigenvalue weighted by Gasteiger charge is 2.41. The van der Waals surface area contributed by atoms with Crippen molar-refractivity contribution in [2.24, 2.45) is 0 Å². The number of benzene rings is 2. The zero-order valence-electron chi connectivity index (χ0n) is 23.4. The molecule has 0 spiro atoms. The third-order valence-electron chi connectivity index (χ3n) is 8.49. The van der Waals surface area contributed by atoms with Gasteiger partial charge in [-0.05, 0) is 61.7 Å². The molecule has 7 rings (SSSR count). The number of rotatable bonds is 7. The van der Waals surface area contributed by atoms with E-state index in [1.54, 1.807) is 30.5 Å². The summed E-state index contributed by atoms with van der Waals surface area (Å²) in [5.41, 5.74) is 4.76. The van der Waals surface area contributed by atoms with Crippen LogP contribution in [0.3, 0.4) is 0 Å². The average molecular weight is 587 g/mol. The molecule has 0 radical (unpaired) electrons. The standard InChI is InChI=1S/C32H31ClN4O5/c1-19(30-35-25-8-6-21(31(38)39)16-26(25)37(30)18-23-12-15-40-23)36-13-10-20(11-14-36)24-4-3-5-27-29(24)42-32(2,41-27)28-9-7-22(33)17-34-28/h3-10,16-17,19,23H,11-15,18H2,1-2H3,(H,38,39)/t19?,23-,32+/m0/s1. The Hall–Kier alpha value is -3.92. The fourth-order valence-electron chi connectivity index (χ4n) is 5.99. The van der Waals surface area contributed by atoms with Gasteiger partial charge < -0.3 is 23.9 Å². The highest BCUT2D eigenvalue weighted by molar-refractivity contribution is 6.30. The molecule has 0 aliphatic carbocycles. The second kappa shape index (κ2) is 10.4. The van der Waals surface area contributed by atoms with Gasteiger partial charge in [0.25, 0.3) is 5.79 Å². The molecule has 1 fully saturated rings. The molecule has 2 aromatic carbocycles. The van der Waals surface area contributed by atoms with E-state index in [0.717, 1.165) is 60.7 Å². The smallest absolute Gasteiger partial charge is 0.335 e. The average Bonchev–Trinajstić information content (AvgIpc) is 3.52. The van der Waals surface area contributed by atoms with Gasteiger partial charge in [0.05, 0.1) is 40.3 Å². The highest BCUT2D eigenvalue weighted by atomic mass is 35.5. The quantitative estimate of drug-likeness (QED) is 0.279. The summed E-state index contributed by atoms with van der Waals surface area (Å²) in [7, 11) is 0. The summed E-state index contributed by atoms with van der Waals surface area (Å²) >= 11 is 6.04. The number of nitrogens with zero attached hydrogens (tertiary/aromatic N) is 4. The topological polar surface area (TPSA) is 98.9 Å². The van der Waals surface area contributed by atoms with Crippen LogP contribution >= 0.6 is 11.6 Å². The zero-order chi connectivity index (χ0) is 29.0.